The first-order valence-electron chi connectivity index (χ1n) is 6.27. The maximum atomic E-state index is 12.0. The van der Waals surface area contributed by atoms with Gasteiger partial charge in [0.1, 0.15) is 10.7 Å². The van der Waals surface area contributed by atoms with Crippen molar-refractivity contribution >= 4 is 28.2 Å². The van der Waals surface area contributed by atoms with Gasteiger partial charge in [0.15, 0.2) is 5.13 Å². The Kier molecular flexibility index (Phi) is 5.12. The summed E-state index contributed by atoms with van der Waals surface area (Å²) in [5, 5.41) is 21.1. The maximum Gasteiger partial charge on any atom is 0.265 e. The lowest BCUT2D eigenvalue weighted by Gasteiger charge is -2.25. The van der Waals surface area contributed by atoms with Crippen LogP contribution in [0.4, 0.5) is 10.9 Å². The van der Waals surface area contributed by atoms with Crippen molar-refractivity contribution in [3.8, 4) is 0 Å². The van der Waals surface area contributed by atoms with Gasteiger partial charge < -0.3 is 30.9 Å². The van der Waals surface area contributed by atoms with E-state index in [1.54, 1.807) is 0 Å². The first-order chi connectivity index (χ1) is 9.65. The van der Waals surface area contributed by atoms with Crippen LogP contribution in [0, 0.1) is 0 Å². The van der Waals surface area contributed by atoms with Crippen molar-refractivity contribution in [2.24, 2.45) is 0 Å². The van der Waals surface area contributed by atoms with Crippen LogP contribution in [-0.2, 0) is 4.74 Å². The first kappa shape index (κ1) is 15.0. The van der Waals surface area contributed by atoms with Crippen molar-refractivity contribution in [2.45, 2.75) is 6.04 Å². The van der Waals surface area contributed by atoms with Crippen LogP contribution in [0.1, 0.15) is 9.67 Å². The van der Waals surface area contributed by atoms with Crippen LogP contribution in [0.5, 0.6) is 0 Å². The van der Waals surface area contributed by atoms with E-state index in [-0.39, 0.29) is 19.0 Å². The van der Waals surface area contributed by atoms with Crippen molar-refractivity contribution in [1.29, 1.82) is 0 Å². The van der Waals surface area contributed by atoms with Gasteiger partial charge in [-0.25, -0.2) is 4.98 Å². The normalized spacial score (nSPS) is 15.7. The zero-order valence-electron chi connectivity index (χ0n) is 10.9. The average Bonchev–Trinajstić information content (AvgIpc) is 2.87. The minimum absolute atomic E-state index is 0.156. The molecule has 1 aliphatic heterocycles. The van der Waals surface area contributed by atoms with Gasteiger partial charge in [0.2, 0.25) is 0 Å². The lowest BCUT2D eigenvalue weighted by atomic mass is 10.3. The van der Waals surface area contributed by atoms with Crippen LogP contribution in [0.2, 0.25) is 0 Å². The van der Waals surface area contributed by atoms with E-state index >= 15 is 0 Å². The Morgan fingerprint density at radius 3 is 2.70 bits per heavy atom. The molecule has 2 rings (SSSR count). The lowest BCUT2D eigenvalue weighted by Crippen LogP contribution is -2.40. The number of thiazole rings is 1. The third kappa shape index (κ3) is 3.37. The lowest BCUT2D eigenvalue weighted by molar-refractivity contribution is 0.0884. The monoisotopic (exact) mass is 302 g/mol. The molecule has 0 aromatic carbocycles. The number of aromatic nitrogens is 1. The summed E-state index contributed by atoms with van der Waals surface area (Å²) in [6, 6.07) is -0.698. The van der Waals surface area contributed by atoms with Crippen LogP contribution in [0.3, 0.4) is 0 Å². The fourth-order valence-corrected chi connectivity index (χ4v) is 2.71. The van der Waals surface area contributed by atoms with Crippen molar-refractivity contribution in [2.75, 3.05) is 50.2 Å². The fourth-order valence-electron chi connectivity index (χ4n) is 1.77. The van der Waals surface area contributed by atoms with Gasteiger partial charge in [0.25, 0.3) is 5.91 Å². The third-order valence-corrected chi connectivity index (χ3v) is 4.04. The second-order valence-electron chi connectivity index (χ2n) is 4.35. The van der Waals surface area contributed by atoms with Crippen molar-refractivity contribution in [3.63, 3.8) is 0 Å². The zero-order valence-corrected chi connectivity index (χ0v) is 11.7. The molecule has 1 aliphatic rings. The van der Waals surface area contributed by atoms with E-state index in [9.17, 15) is 4.79 Å². The molecule has 1 aromatic rings. The van der Waals surface area contributed by atoms with Crippen molar-refractivity contribution in [1.82, 2.24) is 10.3 Å². The highest BCUT2D eigenvalue weighted by molar-refractivity contribution is 7.18. The van der Waals surface area contributed by atoms with Crippen LogP contribution in [0.25, 0.3) is 0 Å². The number of carbonyl (C=O) groups excluding carboxylic acids is 1. The van der Waals surface area contributed by atoms with Crippen molar-refractivity contribution < 1.29 is 19.7 Å². The highest BCUT2D eigenvalue weighted by Gasteiger charge is 2.22. The minimum Gasteiger partial charge on any atom is -0.394 e. The number of rotatable bonds is 5. The summed E-state index contributed by atoms with van der Waals surface area (Å²) in [5.74, 6) is -0.281. The Labute approximate surface area is 120 Å². The minimum atomic E-state index is -0.698. The molecule has 0 radical (unpaired) electrons. The number of nitrogens with one attached hydrogen (secondary N) is 1. The Balaban J connectivity index is 2.08. The van der Waals surface area contributed by atoms with Gasteiger partial charge in [-0.15, -0.1) is 0 Å². The highest BCUT2D eigenvalue weighted by atomic mass is 32.1. The van der Waals surface area contributed by atoms with Crippen LogP contribution in [0.15, 0.2) is 0 Å². The molecular weight excluding hydrogens is 284 g/mol. The van der Waals surface area contributed by atoms with Crippen LogP contribution >= 0.6 is 11.3 Å². The summed E-state index contributed by atoms with van der Waals surface area (Å²) >= 11 is 1.20. The molecule has 1 fully saturated rings. The van der Waals surface area contributed by atoms with E-state index in [0.717, 1.165) is 0 Å². The summed E-state index contributed by atoms with van der Waals surface area (Å²) < 4.78 is 5.26. The quantitative estimate of drug-likeness (QED) is 0.530. The molecule has 0 atom stereocenters. The number of nitrogens with two attached hydrogens (primary N) is 1. The number of ether oxygens (including phenoxy) is 1. The van der Waals surface area contributed by atoms with Crippen LogP contribution in [-0.4, -0.2) is 66.7 Å². The second kappa shape index (κ2) is 6.84. The number of hydrogen-bond acceptors (Lipinski definition) is 8. The number of nitrogens with zero attached hydrogens (tertiary/aromatic N) is 2. The molecule has 20 heavy (non-hydrogen) atoms. The maximum absolute atomic E-state index is 12.0. The summed E-state index contributed by atoms with van der Waals surface area (Å²) in [7, 11) is 0. The van der Waals surface area contributed by atoms with Gasteiger partial charge in [-0.1, -0.05) is 11.3 Å². The molecule has 0 bridgehead atoms. The summed E-state index contributed by atoms with van der Waals surface area (Å²) in [4.78, 5) is 18.5. The molecule has 0 aliphatic carbocycles. The van der Waals surface area contributed by atoms with Crippen LogP contribution < -0.4 is 16.0 Å². The SMILES string of the molecule is Nc1nc(N2CCOCC2)sc1C(=O)NC(CO)CO. The van der Waals surface area contributed by atoms with Gasteiger partial charge in [-0.2, -0.15) is 0 Å². The van der Waals surface area contributed by atoms with Gasteiger partial charge in [-0.3, -0.25) is 4.79 Å². The van der Waals surface area contributed by atoms with Crippen molar-refractivity contribution in [3.05, 3.63) is 4.88 Å². The first-order valence-corrected chi connectivity index (χ1v) is 7.09. The molecule has 2 heterocycles. The summed E-state index contributed by atoms with van der Waals surface area (Å²) in [5.41, 5.74) is 5.76. The Morgan fingerprint density at radius 1 is 1.45 bits per heavy atom. The van der Waals surface area contributed by atoms with E-state index in [0.29, 0.717) is 36.3 Å². The molecule has 0 saturated carbocycles. The van der Waals surface area contributed by atoms with Gasteiger partial charge in [-0.05, 0) is 0 Å². The molecule has 8 nitrogen and oxygen atoms in total. The molecular formula is C11H18N4O4S. The van der Waals surface area contributed by atoms with E-state index in [1.165, 1.54) is 11.3 Å². The molecule has 0 spiro atoms. The largest absolute Gasteiger partial charge is 0.394 e. The highest BCUT2D eigenvalue weighted by Crippen LogP contribution is 2.28. The summed E-state index contributed by atoms with van der Waals surface area (Å²) in [6.45, 7) is 2.00. The topological polar surface area (TPSA) is 121 Å². The van der Waals surface area contributed by atoms with Gasteiger partial charge in [0, 0.05) is 13.1 Å². The molecule has 1 amide bonds. The standard InChI is InChI=1S/C11H18N4O4S/c12-9-8(10(18)13-7(5-16)6-17)20-11(14-9)15-1-3-19-4-2-15/h7,16-17H,1-6,12H2,(H,13,18). The average molecular weight is 302 g/mol. The Morgan fingerprint density at radius 2 is 2.10 bits per heavy atom. The van der Waals surface area contributed by atoms with E-state index < -0.39 is 11.9 Å². The number of aliphatic hydroxyl groups is 2. The Hall–Kier alpha value is -1.42. The fraction of sp³-hybridized carbons (Fsp3) is 0.636. The van der Waals surface area contributed by atoms with E-state index in [2.05, 4.69) is 10.3 Å². The number of nitrogen functional groups attached to an aromatic ring is 1. The molecule has 1 aromatic heterocycles. The molecule has 112 valence electrons. The second-order valence-corrected chi connectivity index (χ2v) is 5.32. The number of amides is 1. The Bertz CT molecular complexity index is 457. The van der Waals surface area contributed by atoms with E-state index in [1.807, 2.05) is 4.90 Å². The van der Waals surface area contributed by atoms with E-state index in [4.69, 9.17) is 20.7 Å². The summed E-state index contributed by atoms with van der Waals surface area (Å²) in [6.07, 6.45) is 0. The molecule has 9 heteroatoms. The third-order valence-electron chi connectivity index (χ3n) is 2.91. The number of hydrogen-bond donors (Lipinski definition) is 4. The molecule has 1 saturated heterocycles. The number of aliphatic hydroxyl groups excluding tert-OH is 2. The number of carbonyl (C=O) groups is 1. The number of morpholine rings is 1. The number of anilines is 2. The predicted octanol–water partition coefficient (Wildman–Crippen LogP) is -1.36. The smallest absolute Gasteiger partial charge is 0.265 e. The zero-order chi connectivity index (χ0) is 14.5. The predicted molar refractivity (Wildman–Crippen MR) is 75.0 cm³/mol. The molecule has 0 unspecified atom stereocenters. The molecule has 5 N–H and O–H groups in total. The van der Waals surface area contributed by atoms with Gasteiger partial charge in [0.05, 0.1) is 32.5 Å². The van der Waals surface area contributed by atoms with Gasteiger partial charge >= 0.3 is 0 Å².